The third-order valence-electron chi connectivity index (χ3n) is 3.37. The normalized spacial score (nSPS) is 11.8. The number of hydrogen-bond acceptors (Lipinski definition) is 5. The van der Waals surface area contributed by atoms with Crippen molar-refractivity contribution in [1.82, 2.24) is 9.38 Å². The lowest BCUT2D eigenvalue weighted by atomic mass is 10.3. The Morgan fingerprint density at radius 2 is 2.08 bits per heavy atom. The molecule has 0 aliphatic rings. The molecule has 25 heavy (non-hydrogen) atoms. The number of anilines is 1. The monoisotopic (exact) mass is 385 g/mol. The lowest BCUT2D eigenvalue weighted by Gasteiger charge is -2.12. The van der Waals surface area contributed by atoms with Crippen LogP contribution in [0, 0.1) is 6.92 Å². The average molecular weight is 385 g/mol. The molecule has 0 radical (unpaired) electrons. The zero-order valence-electron chi connectivity index (χ0n) is 13.1. The third kappa shape index (κ3) is 4.35. The van der Waals surface area contributed by atoms with Crippen LogP contribution in [-0.4, -0.2) is 21.3 Å². The number of aryl methyl sites for hydroxylation is 1. The third-order valence-corrected chi connectivity index (χ3v) is 5.45. The summed E-state index contributed by atoms with van der Waals surface area (Å²) in [5, 5.41) is 4.92. The summed E-state index contributed by atoms with van der Waals surface area (Å²) >= 11 is 2.10. The number of rotatable bonds is 5. The predicted octanol–water partition coefficient (Wildman–Crippen LogP) is 4.33. The van der Waals surface area contributed by atoms with Crippen molar-refractivity contribution in [2.45, 2.75) is 24.5 Å². The highest BCUT2D eigenvalue weighted by atomic mass is 32.2. The zero-order valence-corrected chi connectivity index (χ0v) is 14.8. The molecule has 3 rings (SSSR count). The van der Waals surface area contributed by atoms with E-state index in [0.29, 0.717) is 21.2 Å². The van der Waals surface area contributed by atoms with E-state index in [-0.39, 0.29) is 12.1 Å². The summed E-state index contributed by atoms with van der Waals surface area (Å²) in [6, 6.07) is 8.21. The van der Waals surface area contributed by atoms with Gasteiger partial charge in [-0.1, -0.05) is 12.1 Å². The van der Waals surface area contributed by atoms with Crippen LogP contribution in [0.1, 0.15) is 11.4 Å². The Bertz CT molecular complexity index is 950. The highest BCUT2D eigenvalue weighted by Gasteiger charge is 2.27. The number of thioether (sulfide) groups is 1. The van der Waals surface area contributed by atoms with Gasteiger partial charge in [-0.3, -0.25) is 9.20 Å². The second-order valence-corrected chi connectivity index (χ2v) is 7.19. The van der Waals surface area contributed by atoms with Gasteiger partial charge in [0, 0.05) is 27.7 Å². The van der Waals surface area contributed by atoms with Crippen molar-refractivity contribution in [3.63, 3.8) is 0 Å². The van der Waals surface area contributed by atoms with E-state index in [9.17, 15) is 18.0 Å². The van der Waals surface area contributed by atoms with E-state index in [1.807, 2.05) is 12.3 Å². The molecule has 0 spiro atoms. The van der Waals surface area contributed by atoms with Gasteiger partial charge in [-0.2, -0.15) is 13.2 Å². The molecule has 0 saturated carbocycles. The number of alkyl halides is 3. The first-order valence-corrected chi connectivity index (χ1v) is 9.19. The van der Waals surface area contributed by atoms with E-state index >= 15 is 0 Å². The topological polar surface area (TPSA) is 46.4 Å². The van der Waals surface area contributed by atoms with Crippen molar-refractivity contribution < 1.29 is 13.2 Å². The Labute approximate surface area is 149 Å². The largest absolute Gasteiger partial charge is 0.398 e. The molecule has 132 valence electrons. The van der Waals surface area contributed by atoms with Crippen LogP contribution in [0.3, 0.4) is 0 Å². The number of para-hydroxylation sites is 1. The molecule has 1 N–H and O–H groups in total. The van der Waals surface area contributed by atoms with Crippen LogP contribution >= 0.6 is 23.1 Å². The summed E-state index contributed by atoms with van der Waals surface area (Å²) in [4.78, 5) is 17.7. The maximum absolute atomic E-state index is 12.4. The molecule has 0 aliphatic carbocycles. The quantitative estimate of drug-likeness (QED) is 0.664. The minimum atomic E-state index is -4.23. The van der Waals surface area contributed by atoms with Gasteiger partial charge in [-0.15, -0.1) is 23.1 Å². The van der Waals surface area contributed by atoms with Crippen LogP contribution in [0.4, 0.5) is 18.9 Å². The molecule has 0 amide bonds. The first-order valence-electron chi connectivity index (χ1n) is 7.33. The fourth-order valence-electron chi connectivity index (χ4n) is 2.28. The number of hydrogen-bond donors (Lipinski definition) is 1. The molecule has 2 aromatic heterocycles. The van der Waals surface area contributed by atoms with Crippen LogP contribution in [0.2, 0.25) is 0 Å². The predicted molar refractivity (Wildman–Crippen MR) is 94.6 cm³/mol. The molecular weight excluding hydrogens is 371 g/mol. The van der Waals surface area contributed by atoms with Crippen molar-refractivity contribution in [2.75, 3.05) is 11.1 Å². The molecule has 0 fully saturated rings. The Morgan fingerprint density at radius 1 is 1.32 bits per heavy atom. The van der Waals surface area contributed by atoms with Crippen molar-refractivity contribution >= 4 is 33.7 Å². The molecule has 4 nitrogen and oxygen atoms in total. The van der Waals surface area contributed by atoms with Gasteiger partial charge >= 0.3 is 6.18 Å². The first kappa shape index (κ1) is 17.8. The van der Waals surface area contributed by atoms with Crippen molar-refractivity contribution in [1.29, 1.82) is 0 Å². The molecule has 0 bridgehead atoms. The Morgan fingerprint density at radius 3 is 2.84 bits per heavy atom. The molecule has 0 atom stereocenters. The minimum Gasteiger partial charge on any atom is -0.378 e. The molecule has 2 heterocycles. The summed E-state index contributed by atoms with van der Waals surface area (Å²) in [6.07, 6.45) is -4.23. The summed E-state index contributed by atoms with van der Waals surface area (Å²) in [7, 11) is 0. The second kappa shape index (κ2) is 7.09. The van der Waals surface area contributed by atoms with Crippen molar-refractivity contribution in [3.05, 3.63) is 57.5 Å². The second-order valence-electron chi connectivity index (χ2n) is 5.33. The Hall–Kier alpha value is -2.00. The summed E-state index contributed by atoms with van der Waals surface area (Å²) in [6.45, 7) is 2.09. The fraction of sp³-hybridized carbons (Fsp3) is 0.250. The standard InChI is InChI=1S/C16H14F3N3OS2/c1-10-8-24-15-21-11(6-14(23)22(10)15)7-20-12-4-2-3-5-13(12)25-9-16(17,18)19/h2-6,8,20H,7,9H2,1H3. The van der Waals surface area contributed by atoms with Crippen LogP contribution in [0.25, 0.3) is 4.96 Å². The first-order chi connectivity index (χ1) is 11.8. The van der Waals surface area contributed by atoms with E-state index in [2.05, 4.69) is 10.3 Å². The van der Waals surface area contributed by atoms with E-state index < -0.39 is 11.9 Å². The van der Waals surface area contributed by atoms with Crippen LogP contribution in [-0.2, 0) is 6.54 Å². The maximum atomic E-state index is 12.4. The lowest BCUT2D eigenvalue weighted by molar-refractivity contribution is -0.105. The number of fused-ring (bicyclic) bond motifs is 1. The van der Waals surface area contributed by atoms with Crippen LogP contribution in [0.15, 0.2) is 45.4 Å². The number of benzene rings is 1. The summed E-state index contributed by atoms with van der Waals surface area (Å²) in [5.41, 5.74) is 1.79. The zero-order chi connectivity index (χ0) is 18.0. The Balaban J connectivity index is 1.77. The van der Waals surface area contributed by atoms with Crippen LogP contribution < -0.4 is 10.9 Å². The summed E-state index contributed by atoms with van der Waals surface area (Å²) < 4.78 is 38.8. The molecule has 0 unspecified atom stereocenters. The van der Waals surface area contributed by atoms with E-state index in [4.69, 9.17) is 0 Å². The minimum absolute atomic E-state index is 0.166. The molecule has 1 aromatic carbocycles. The fourth-order valence-corrected chi connectivity index (χ4v) is 3.96. The van der Waals surface area contributed by atoms with Crippen molar-refractivity contribution in [3.8, 4) is 0 Å². The van der Waals surface area contributed by atoms with Gasteiger partial charge in [0.2, 0.25) is 0 Å². The molecule has 9 heteroatoms. The van der Waals surface area contributed by atoms with Gasteiger partial charge in [0.1, 0.15) is 0 Å². The van der Waals surface area contributed by atoms with E-state index in [0.717, 1.165) is 17.5 Å². The van der Waals surface area contributed by atoms with Gasteiger partial charge in [0.25, 0.3) is 5.56 Å². The molecule has 0 aliphatic heterocycles. The average Bonchev–Trinajstić information content (AvgIpc) is 2.92. The Kier molecular flexibility index (Phi) is 5.05. The summed E-state index contributed by atoms with van der Waals surface area (Å²) in [5.74, 6) is -0.953. The highest BCUT2D eigenvalue weighted by Crippen LogP contribution is 2.32. The lowest BCUT2D eigenvalue weighted by Crippen LogP contribution is -2.16. The van der Waals surface area contributed by atoms with Crippen molar-refractivity contribution in [2.24, 2.45) is 0 Å². The van der Waals surface area contributed by atoms with Gasteiger partial charge in [-0.25, -0.2) is 4.98 Å². The highest BCUT2D eigenvalue weighted by molar-refractivity contribution is 7.99. The molecular formula is C16H14F3N3OS2. The molecule has 3 aromatic rings. The molecule has 0 saturated heterocycles. The number of thiazole rings is 1. The van der Waals surface area contributed by atoms with E-state index in [1.54, 1.807) is 24.3 Å². The van der Waals surface area contributed by atoms with Crippen LogP contribution in [0.5, 0.6) is 0 Å². The van der Waals surface area contributed by atoms with Gasteiger partial charge < -0.3 is 5.32 Å². The van der Waals surface area contributed by atoms with Gasteiger partial charge in [0.05, 0.1) is 18.0 Å². The maximum Gasteiger partial charge on any atom is 0.398 e. The smallest absolute Gasteiger partial charge is 0.378 e. The number of halogens is 3. The van der Waals surface area contributed by atoms with Gasteiger partial charge in [-0.05, 0) is 19.1 Å². The van der Waals surface area contributed by atoms with E-state index in [1.165, 1.54) is 21.8 Å². The number of aromatic nitrogens is 2. The number of nitrogens with one attached hydrogen (secondary N) is 1. The SMILES string of the molecule is Cc1csc2nc(CNc3ccccc3SCC(F)(F)F)cc(=O)n12. The van der Waals surface area contributed by atoms with Gasteiger partial charge in [0.15, 0.2) is 4.96 Å². The number of nitrogens with zero attached hydrogens (tertiary/aromatic N) is 2.